The largest absolute Gasteiger partial charge is 0.507 e. The number of amides is 1. The van der Waals surface area contributed by atoms with Gasteiger partial charge in [0.05, 0.1) is 16.3 Å². The van der Waals surface area contributed by atoms with Gasteiger partial charge in [0, 0.05) is 10.6 Å². The number of aromatic hydroxyl groups is 2. The zero-order valence-corrected chi connectivity index (χ0v) is 13.8. The Morgan fingerprint density at radius 3 is 2.73 bits per heavy atom. The lowest BCUT2D eigenvalue weighted by Gasteiger charge is -2.05. The van der Waals surface area contributed by atoms with Crippen LogP contribution in [0.15, 0.2) is 39.9 Å². The first-order valence-corrected chi connectivity index (χ1v) is 7.36. The Kier molecular flexibility index (Phi) is 5.05. The molecule has 0 radical (unpaired) electrons. The Labute approximate surface area is 140 Å². The van der Waals surface area contributed by atoms with Crippen molar-refractivity contribution in [1.29, 1.82) is 0 Å². The third-order valence-corrected chi connectivity index (χ3v) is 3.65. The Hall–Kier alpha value is -2.05. The van der Waals surface area contributed by atoms with Gasteiger partial charge in [-0.25, -0.2) is 5.43 Å². The minimum atomic E-state index is -0.561. The maximum atomic E-state index is 11.9. The van der Waals surface area contributed by atoms with E-state index in [0.29, 0.717) is 15.1 Å². The van der Waals surface area contributed by atoms with Crippen molar-refractivity contribution in [3.8, 4) is 11.5 Å². The summed E-state index contributed by atoms with van der Waals surface area (Å²) in [5, 5.41) is 23.7. The Morgan fingerprint density at radius 1 is 1.32 bits per heavy atom. The number of benzene rings is 2. The van der Waals surface area contributed by atoms with Crippen LogP contribution in [0.2, 0.25) is 5.02 Å². The van der Waals surface area contributed by atoms with Crippen LogP contribution in [-0.4, -0.2) is 22.3 Å². The molecule has 22 heavy (non-hydrogen) atoms. The molecule has 114 valence electrons. The second kappa shape index (κ2) is 6.81. The zero-order valence-electron chi connectivity index (χ0n) is 11.5. The van der Waals surface area contributed by atoms with Crippen molar-refractivity contribution in [2.45, 2.75) is 6.92 Å². The molecule has 0 atom stereocenters. The van der Waals surface area contributed by atoms with Crippen LogP contribution in [0.5, 0.6) is 11.5 Å². The van der Waals surface area contributed by atoms with Gasteiger partial charge in [0.25, 0.3) is 5.91 Å². The van der Waals surface area contributed by atoms with E-state index in [2.05, 4.69) is 26.5 Å². The molecule has 7 heteroatoms. The molecule has 0 aliphatic heterocycles. The van der Waals surface area contributed by atoms with E-state index in [1.165, 1.54) is 30.5 Å². The highest BCUT2D eigenvalue weighted by atomic mass is 79.9. The maximum absolute atomic E-state index is 11.9. The van der Waals surface area contributed by atoms with Crippen molar-refractivity contribution in [2.75, 3.05) is 0 Å². The van der Waals surface area contributed by atoms with Crippen molar-refractivity contribution >= 4 is 39.7 Å². The summed E-state index contributed by atoms with van der Waals surface area (Å²) in [6.07, 6.45) is 1.26. The molecule has 0 aliphatic carbocycles. The van der Waals surface area contributed by atoms with Gasteiger partial charge >= 0.3 is 0 Å². The fraction of sp³-hybridized carbons (Fsp3) is 0.0667. The number of hydrogen-bond donors (Lipinski definition) is 3. The van der Waals surface area contributed by atoms with E-state index >= 15 is 0 Å². The lowest BCUT2D eigenvalue weighted by atomic mass is 10.1. The molecule has 0 bridgehead atoms. The quantitative estimate of drug-likeness (QED) is 0.559. The third-order valence-electron chi connectivity index (χ3n) is 2.83. The van der Waals surface area contributed by atoms with Gasteiger partial charge in [-0.2, -0.15) is 5.10 Å². The second-order valence-electron chi connectivity index (χ2n) is 4.55. The Bertz CT molecular complexity index is 763. The van der Waals surface area contributed by atoms with Gasteiger partial charge in [0.2, 0.25) is 0 Å². The predicted molar refractivity (Wildman–Crippen MR) is 88.7 cm³/mol. The van der Waals surface area contributed by atoms with E-state index in [4.69, 9.17) is 11.6 Å². The second-order valence-corrected chi connectivity index (χ2v) is 5.84. The van der Waals surface area contributed by atoms with Gasteiger partial charge in [-0.1, -0.05) is 17.7 Å². The molecule has 5 nitrogen and oxygen atoms in total. The molecule has 2 aromatic rings. The van der Waals surface area contributed by atoms with E-state index in [1.54, 1.807) is 13.0 Å². The fourth-order valence-electron chi connectivity index (χ4n) is 1.74. The number of nitrogens with zero attached hydrogens (tertiary/aromatic N) is 1. The summed E-state index contributed by atoms with van der Waals surface area (Å²) in [5.74, 6) is -0.726. The SMILES string of the molecule is Cc1ccc(C(=O)N/N=C/c2cc(Cl)cc(Br)c2O)c(O)c1. The van der Waals surface area contributed by atoms with Crippen molar-refractivity contribution < 1.29 is 15.0 Å². The number of nitrogens with one attached hydrogen (secondary N) is 1. The summed E-state index contributed by atoms with van der Waals surface area (Å²) in [6, 6.07) is 7.73. The molecule has 0 spiro atoms. The summed E-state index contributed by atoms with van der Waals surface area (Å²) in [6.45, 7) is 1.80. The van der Waals surface area contributed by atoms with Gasteiger partial charge in [0.1, 0.15) is 11.5 Å². The minimum Gasteiger partial charge on any atom is -0.507 e. The summed E-state index contributed by atoms with van der Waals surface area (Å²) < 4.78 is 0.420. The summed E-state index contributed by atoms with van der Waals surface area (Å²) in [5.41, 5.74) is 3.56. The normalized spacial score (nSPS) is 10.9. The van der Waals surface area contributed by atoms with E-state index < -0.39 is 5.91 Å². The number of phenols is 2. The average molecular weight is 384 g/mol. The molecule has 2 rings (SSSR count). The van der Waals surface area contributed by atoms with Crippen LogP contribution in [0.4, 0.5) is 0 Å². The fourth-order valence-corrected chi connectivity index (χ4v) is 2.57. The molecule has 0 aliphatic rings. The molecular weight excluding hydrogens is 372 g/mol. The van der Waals surface area contributed by atoms with E-state index in [1.807, 2.05) is 0 Å². The van der Waals surface area contributed by atoms with Crippen molar-refractivity contribution in [3.63, 3.8) is 0 Å². The standard InChI is InChI=1S/C15H12BrClN2O3/c1-8-2-3-11(13(20)4-8)15(22)19-18-7-9-5-10(17)6-12(16)14(9)21/h2-7,20-21H,1H3,(H,19,22)/b18-7+. The van der Waals surface area contributed by atoms with Crippen LogP contribution >= 0.6 is 27.5 Å². The number of phenolic OH excluding ortho intramolecular Hbond substituents is 2. The molecule has 0 saturated carbocycles. The number of hydrogen-bond acceptors (Lipinski definition) is 4. The molecule has 0 heterocycles. The van der Waals surface area contributed by atoms with Crippen LogP contribution in [0, 0.1) is 6.92 Å². The number of aryl methyl sites for hydroxylation is 1. The molecule has 3 N–H and O–H groups in total. The van der Waals surface area contributed by atoms with Crippen LogP contribution in [0.3, 0.4) is 0 Å². The number of carbonyl (C=O) groups excluding carboxylic acids is 1. The van der Waals surface area contributed by atoms with E-state index in [-0.39, 0.29) is 17.1 Å². The van der Waals surface area contributed by atoms with Crippen molar-refractivity contribution in [2.24, 2.45) is 5.10 Å². The van der Waals surface area contributed by atoms with Gasteiger partial charge in [-0.05, 0) is 52.7 Å². The van der Waals surface area contributed by atoms with Crippen LogP contribution in [0.1, 0.15) is 21.5 Å². The number of halogens is 2. The molecule has 0 unspecified atom stereocenters. The number of rotatable bonds is 3. The number of carbonyl (C=O) groups is 1. The van der Waals surface area contributed by atoms with Gasteiger partial charge < -0.3 is 10.2 Å². The molecular formula is C15H12BrClN2O3. The zero-order chi connectivity index (χ0) is 16.3. The molecule has 0 aromatic heterocycles. The average Bonchev–Trinajstić information content (AvgIpc) is 2.43. The summed E-state index contributed by atoms with van der Waals surface area (Å²) in [4.78, 5) is 11.9. The third kappa shape index (κ3) is 3.78. The highest BCUT2D eigenvalue weighted by molar-refractivity contribution is 9.10. The topological polar surface area (TPSA) is 81.9 Å². The van der Waals surface area contributed by atoms with Crippen LogP contribution < -0.4 is 5.43 Å². The summed E-state index contributed by atoms with van der Waals surface area (Å²) in [7, 11) is 0. The number of hydrazone groups is 1. The minimum absolute atomic E-state index is 0.0411. The van der Waals surface area contributed by atoms with Gasteiger partial charge in [0.15, 0.2) is 0 Å². The van der Waals surface area contributed by atoms with Crippen LogP contribution in [0.25, 0.3) is 0 Å². The highest BCUT2D eigenvalue weighted by Crippen LogP contribution is 2.30. The summed E-state index contributed by atoms with van der Waals surface area (Å²) >= 11 is 9.03. The smallest absolute Gasteiger partial charge is 0.275 e. The van der Waals surface area contributed by atoms with Crippen LogP contribution in [-0.2, 0) is 0 Å². The Morgan fingerprint density at radius 2 is 2.05 bits per heavy atom. The maximum Gasteiger partial charge on any atom is 0.275 e. The van der Waals surface area contributed by atoms with Crippen molar-refractivity contribution in [3.05, 3.63) is 56.5 Å². The lowest BCUT2D eigenvalue weighted by Crippen LogP contribution is -2.17. The first-order valence-electron chi connectivity index (χ1n) is 6.19. The monoisotopic (exact) mass is 382 g/mol. The molecule has 0 fully saturated rings. The van der Waals surface area contributed by atoms with Gasteiger partial charge in [-0.3, -0.25) is 4.79 Å². The predicted octanol–water partition coefficient (Wildman–Crippen LogP) is 3.59. The first kappa shape index (κ1) is 16.3. The van der Waals surface area contributed by atoms with Crippen molar-refractivity contribution in [1.82, 2.24) is 5.43 Å². The highest BCUT2D eigenvalue weighted by Gasteiger charge is 2.10. The molecule has 1 amide bonds. The molecule has 0 saturated heterocycles. The van der Waals surface area contributed by atoms with E-state index in [0.717, 1.165) is 5.56 Å². The molecule has 2 aromatic carbocycles. The van der Waals surface area contributed by atoms with E-state index in [9.17, 15) is 15.0 Å². The first-order chi connectivity index (χ1) is 10.4. The lowest BCUT2D eigenvalue weighted by molar-refractivity contribution is 0.0952. The Balaban J connectivity index is 2.14. The van der Waals surface area contributed by atoms with Gasteiger partial charge in [-0.15, -0.1) is 0 Å².